The van der Waals surface area contributed by atoms with Crippen molar-refractivity contribution in [2.45, 2.75) is 0 Å². The van der Waals surface area contributed by atoms with Crippen molar-refractivity contribution >= 4 is 45.6 Å². The zero-order valence-corrected chi connectivity index (χ0v) is 12.4. The molecule has 0 radical (unpaired) electrons. The summed E-state index contributed by atoms with van der Waals surface area (Å²) in [5.41, 5.74) is 1.56. The molecule has 0 aromatic heterocycles. The van der Waals surface area contributed by atoms with E-state index >= 15 is 0 Å². The smallest absolute Gasteiger partial charge is 0.131 e. The van der Waals surface area contributed by atoms with Gasteiger partial charge in [-0.15, -0.1) is 0 Å². The van der Waals surface area contributed by atoms with E-state index in [-0.39, 0.29) is 5.82 Å². The third kappa shape index (κ3) is 2.16. The SMILES string of the molecule is Fc1cccc2c(-c3ccc(Cl)c(Cl)c3Cl)cccc12. The zero-order chi connectivity index (χ0) is 14.3. The van der Waals surface area contributed by atoms with E-state index in [1.807, 2.05) is 12.1 Å². The van der Waals surface area contributed by atoms with E-state index in [1.165, 1.54) is 6.07 Å². The van der Waals surface area contributed by atoms with E-state index in [1.54, 1.807) is 30.3 Å². The summed E-state index contributed by atoms with van der Waals surface area (Å²) in [6.45, 7) is 0. The van der Waals surface area contributed by atoms with Crippen molar-refractivity contribution in [1.82, 2.24) is 0 Å². The fourth-order valence-corrected chi connectivity index (χ4v) is 2.88. The lowest BCUT2D eigenvalue weighted by Crippen LogP contribution is -1.86. The lowest BCUT2D eigenvalue weighted by atomic mass is 9.98. The molecule has 0 N–H and O–H groups in total. The topological polar surface area (TPSA) is 0 Å². The highest BCUT2D eigenvalue weighted by Gasteiger charge is 2.13. The summed E-state index contributed by atoms with van der Waals surface area (Å²) in [7, 11) is 0. The molecule has 0 aliphatic heterocycles. The van der Waals surface area contributed by atoms with E-state index < -0.39 is 0 Å². The number of fused-ring (bicyclic) bond motifs is 1. The molecular weight excluding hydrogens is 318 g/mol. The number of hydrogen-bond acceptors (Lipinski definition) is 0. The van der Waals surface area contributed by atoms with Gasteiger partial charge in [0.1, 0.15) is 5.82 Å². The van der Waals surface area contributed by atoms with Crippen LogP contribution in [0.5, 0.6) is 0 Å². The summed E-state index contributed by atoms with van der Waals surface area (Å²) in [5.74, 6) is -0.263. The Morgan fingerprint density at radius 2 is 1.35 bits per heavy atom. The Morgan fingerprint density at radius 1 is 0.650 bits per heavy atom. The predicted molar refractivity (Wildman–Crippen MR) is 84.4 cm³/mol. The maximum absolute atomic E-state index is 13.8. The normalized spacial score (nSPS) is 11.0. The molecule has 0 spiro atoms. The largest absolute Gasteiger partial charge is 0.206 e. The minimum atomic E-state index is -0.263. The average molecular weight is 326 g/mol. The first-order valence-corrected chi connectivity index (χ1v) is 7.04. The second-order valence-corrected chi connectivity index (χ2v) is 5.53. The van der Waals surface area contributed by atoms with Gasteiger partial charge in [-0.05, 0) is 23.1 Å². The Kier molecular flexibility index (Phi) is 3.59. The Morgan fingerprint density at radius 3 is 2.15 bits per heavy atom. The van der Waals surface area contributed by atoms with Crippen molar-refractivity contribution in [3.05, 3.63) is 69.4 Å². The summed E-state index contributed by atoms with van der Waals surface area (Å²) in [6, 6.07) is 13.8. The minimum absolute atomic E-state index is 0.263. The van der Waals surface area contributed by atoms with E-state index in [0.717, 1.165) is 16.5 Å². The van der Waals surface area contributed by atoms with Gasteiger partial charge in [0.05, 0.1) is 15.1 Å². The summed E-state index contributed by atoms with van der Waals surface area (Å²) in [4.78, 5) is 0. The van der Waals surface area contributed by atoms with Crippen LogP contribution in [0.3, 0.4) is 0 Å². The molecule has 3 aromatic carbocycles. The molecule has 0 heterocycles. The van der Waals surface area contributed by atoms with Crippen molar-refractivity contribution in [2.24, 2.45) is 0 Å². The molecule has 0 aliphatic rings. The molecule has 0 nitrogen and oxygen atoms in total. The standard InChI is InChI=1S/C16H8Cl3F/c17-13-8-7-12(15(18)16(13)19)10-3-1-5-11-9(10)4-2-6-14(11)20/h1-8H. The monoisotopic (exact) mass is 324 g/mol. The number of halogens is 4. The Labute approximate surface area is 130 Å². The Hall–Kier alpha value is -1.28. The first-order valence-electron chi connectivity index (χ1n) is 5.90. The molecule has 0 saturated heterocycles. The average Bonchev–Trinajstić information content (AvgIpc) is 2.45. The van der Waals surface area contributed by atoms with E-state index in [9.17, 15) is 4.39 Å². The number of benzene rings is 3. The van der Waals surface area contributed by atoms with Crippen LogP contribution in [0.15, 0.2) is 48.5 Å². The molecule has 0 unspecified atom stereocenters. The molecule has 100 valence electrons. The molecule has 20 heavy (non-hydrogen) atoms. The summed E-state index contributed by atoms with van der Waals surface area (Å²) in [6.07, 6.45) is 0. The van der Waals surface area contributed by atoms with Crippen LogP contribution < -0.4 is 0 Å². The summed E-state index contributed by atoms with van der Waals surface area (Å²) >= 11 is 18.3. The number of hydrogen-bond donors (Lipinski definition) is 0. The highest BCUT2D eigenvalue weighted by Crippen LogP contribution is 2.40. The molecule has 0 saturated carbocycles. The van der Waals surface area contributed by atoms with Crippen molar-refractivity contribution in [1.29, 1.82) is 0 Å². The molecule has 0 fully saturated rings. The lowest BCUT2D eigenvalue weighted by Gasteiger charge is -2.11. The van der Waals surface area contributed by atoms with Crippen LogP contribution in [0.4, 0.5) is 4.39 Å². The van der Waals surface area contributed by atoms with Crippen LogP contribution in [0, 0.1) is 5.82 Å². The van der Waals surface area contributed by atoms with Crippen LogP contribution in [-0.4, -0.2) is 0 Å². The quantitative estimate of drug-likeness (QED) is 0.442. The van der Waals surface area contributed by atoms with Crippen LogP contribution in [-0.2, 0) is 0 Å². The van der Waals surface area contributed by atoms with Gasteiger partial charge in [-0.2, -0.15) is 0 Å². The van der Waals surface area contributed by atoms with E-state index in [4.69, 9.17) is 34.8 Å². The molecule has 0 aliphatic carbocycles. The fraction of sp³-hybridized carbons (Fsp3) is 0. The predicted octanol–water partition coefficient (Wildman–Crippen LogP) is 6.61. The van der Waals surface area contributed by atoms with Gasteiger partial charge in [0.2, 0.25) is 0 Å². The van der Waals surface area contributed by atoms with Crippen molar-refractivity contribution in [2.75, 3.05) is 0 Å². The summed E-state index contributed by atoms with van der Waals surface area (Å²) in [5, 5.41) is 2.40. The van der Waals surface area contributed by atoms with Gasteiger partial charge >= 0.3 is 0 Å². The van der Waals surface area contributed by atoms with Crippen LogP contribution in [0.1, 0.15) is 0 Å². The molecule has 0 bridgehead atoms. The lowest BCUT2D eigenvalue weighted by molar-refractivity contribution is 0.640. The third-order valence-electron chi connectivity index (χ3n) is 3.19. The van der Waals surface area contributed by atoms with Crippen LogP contribution >= 0.6 is 34.8 Å². The second kappa shape index (κ2) is 5.25. The van der Waals surface area contributed by atoms with Crippen molar-refractivity contribution in [3.63, 3.8) is 0 Å². The van der Waals surface area contributed by atoms with E-state index in [2.05, 4.69) is 0 Å². The van der Waals surface area contributed by atoms with Crippen LogP contribution in [0.2, 0.25) is 15.1 Å². The first kappa shape index (κ1) is 13.7. The van der Waals surface area contributed by atoms with Gasteiger partial charge in [-0.3, -0.25) is 0 Å². The molecule has 4 heteroatoms. The molecule has 3 aromatic rings. The number of rotatable bonds is 1. The van der Waals surface area contributed by atoms with Gasteiger partial charge in [0.15, 0.2) is 0 Å². The fourth-order valence-electron chi connectivity index (χ4n) is 2.24. The maximum atomic E-state index is 13.8. The van der Waals surface area contributed by atoms with Gasteiger partial charge < -0.3 is 0 Å². The van der Waals surface area contributed by atoms with Gasteiger partial charge in [0, 0.05) is 10.9 Å². The first-order chi connectivity index (χ1) is 9.59. The molecular formula is C16H8Cl3F. The molecule has 0 atom stereocenters. The highest BCUT2D eigenvalue weighted by molar-refractivity contribution is 6.49. The van der Waals surface area contributed by atoms with Crippen LogP contribution in [0.25, 0.3) is 21.9 Å². The van der Waals surface area contributed by atoms with E-state index in [0.29, 0.717) is 20.5 Å². The Bertz CT molecular complexity index is 812. The second-order valence-electron chi connectivity index (χ2n) is 4.36. The third-order valence-corrected chi connectivity index (χ3v) is 4.49. The Balaban J connectivity index is 2.36. The minimum Gasteiger partial charge on any atom is -0.206 e. The van der Waals surface area contributed by atoms with Crippen molar-refractivity contribution < 1.29 is 4.39 Å². The van der Waals surface area contributed by atoms with Gasteiger partial charge in [0.25, 0.3) is 0 Å². The zero-order valence-electron chi connectivity index (χ0n) is 10.1. The van der Waals surface area contributed by atoms with Crippen molar-refractivity contribution in [3.8, 4) is 11.1 Å². The maximum Gasteiger partial charge on any atom is 0.131 e. The molecule has 3 rings (SSSR count). The highest BCUT2D eigenvalue weighted by atomic mass is 35.5. The molecule has 0 amide bonds. The van der Waals surface area contributed by atoms with Gasteiger partial charge in [-0.1, -0.05) is 71.2 Å². The summed E-state index contributed by atoms with van der Waals surface area (Å²) < 4.78 is 13.8. The van der Waals surface area contributed by atoms with Gasteiger partial charge in [-0.25, -0.2) is 4.39 Å².